The molecule has 0 fully saturated rings. The van der Waals surface area contributed by atoms with Crippen LogP contribution in [0.15, 0.2) is 134 Å². The molecule has 0 spiro atoms. The summed E-state index contributed by atoms with van der Waals surface area (Å²) in [6, 6.07) is 47.0. The molecule has 0 saturated heterocycles. The Kier molecular flexibility index (Phi) is 9.74. The van der Waals surface area contributed by atoms with Gasteiger partial charge in [0.2, 0.25) is 0 Å². The number of ether oxygens (including phenoxy) is 1. The number of aromatic nitrogens is 4. The van der Waals surface area contributed by atoms with Crippen LogP contribution in [0.4, 0.5) is 0 Å². The average molecular weight is 860 g/mol. The molecule has 5 nitrogen and oxygen atoms in total. The van der Waals surface area contributed by atoms with Gasteiger partial charge in [0.1, 0.15) is 5.82 Å². The van der Waals surface area contributed by atoms with Gasteiger partial charge in [-0.15, -0.1) is 29.7 Å². The summed E-state index contributed by atoms with van der Waals surface area (Å²) in [5.74, 6) is 2.61. The standard InChI is InChI=1S/C46H40N4O.Pt/c1-32(2)24-33-25-35(34-12-7-6-8-13-34)27-38(26-33)49-23-22-48(31-49)37-14-11-15-39(29-37)51-40-18-19-42-41-16-9-10-17-43(41)50(44(42)30-40)45-28-36(20-21-47-45)46(3,4)5;/h6-23,25-28,32H,24H2,1-5H3;/q-2;. The Balaban J connectivity index is 0.00000420. The summed E-state index contributed by atoms with van der Waals surface area (Å²) in [6.45, 7) is 11.2. The number of pyridine rings is 1. The van der Waals surface area contributed by atoms with Crippen molar-refractivity contribution in [3.8, 4) is 39.8 Å². The third-order valence-electron chi connectivity index (χ3n) is 9.22. The van der Waals surface area contributed by atoms with Gasteiger partial charge in [0.05, 0.1) is 5.69 Å². The predicted molar refractivity (Wildman–Crippen MR) is 205 cm³/mol. The fraction of sp³-hybridized carbons (Fsp3) is 0.174. The zero-order chi connectivity index (χ0) is 35.1. The molecule has 0 bridgehead atoms. The van der Waals surface area contributed by atoms with Gasteiger partial charge in [-0.1, -0.05) is 100 Å². The normalized spacial score (nSPS) is 11.7. The Morgan fingerprint density at radius 2 is 1.56 bits per heavy atom. The van der Waals surface area contributed by atoms with Crippen molar-refractivity contribution in [2.75, 3.05) is 0 Å². The van der Waals surface area contributed by atoms with Crippen LogP contribution in [-0.2, 0) is 32.9 Å². The molecule has 6 heteroatoms. The number of imidazole rings is 1. The first kappa shape index (κ1) is 35.2. The Morgan fingerprint density at radius 1 is 0.769 bits per heavy atom. The number of hydrogen-bond acceptors (Lipinski definition) is 2. The van der Waals surface area contributed by atoms with E-state index >= 15 is 0 Å². The maximum Gasteiger partial charge on any atom is 0.267 e. The molecule has 3 aromatic heterocycles. The van der Waals surface area contributed by atoms with Gasteiger partial charge < -0.3 is 13.9 Å². The number of hydrogen-bond donors (Lipinski definition) is 0. The minimum Gasteiger partial charge on any atom is -0.510 e. The summed E-state index contributed by atoms with van der Waals surface area (Å²) in [7, 11) is 0. The average Bonchev–Trinajstić information content (AvgIpc) is 3.75. The zero-order valence-electron chi connectivity index (χ0n) is 30.0. The summed E-state index contributed by atoms with van der Waals surface area (Å²) in [6.07, 6.45) is 10.4. The molecular formula is C46H40N4OPt-2. The number of para-hydroxylation sites is 1. The molecule has 5 aromatic carbocycles. The molecule has 0 saturated carbocycles. The van der Waals surface area contributed by atoms with E-state index in [4.69, 9.17) is 9.72 Å². The molecule has 0 N–H and O–H groups in total. The van der Waals surface area contributed by atoms with E-state index in [0.29, 0.717) is 17.4 Å². The van der Waals surface area contributed by atoms with Gasteiger partial charge in [-0.2, -0.15) is 18.2 Å². The SMILES string of the molecule is CC(C)Cc1cc(-c2ccccc2)cc(-[n+]2[c-]n(-c3[c-]c(Oc4[c-]c5c(cc4)c4ccccc4n5-c4cc(C(C)(C)C)ccn4)ccc3)cc2)c1.[Pt]. The number of rotatable bonds is 8. The van der Waals surface area contributed by atoms with Crippen LogP contribution in [0.1, 0.15) is 45.7 Å². The number of benzene rings is 5. The maximum atomic E-state index is 6.44. The fourth-order valence-corrected chi connectivity index (χ4v) is 6.73. The second kappa shape index (κ2) is 14.4. The molecule has 0 aliphatic heterocycles. The minimum absolute atomic E-state index is 0. The summed E-state index contributed by atoms with van der Waals surface area (Å²) in [5.41, 5.74) is 8.81. The Bertz CT molecular complexity index is 2500. The van der Waals surface area contributed by atoms with Crippen LogP contribution in [0.25, 0.3) is 50.1 Å². The summed E-state index contributed by atoms with van der Waals surface area (Å²) >= 11 is 0. The van der Waals surface area contributed by atoms with Gasteiger partial charge >= 0.3 is 0 Å². The van der Waals surface area contributed by atoms with Crippen LogP contribution in [-0.4, -0.2) is 14.1 Å². The van der Waals surface area contributed by atoms with Crippen LogP contribution in [0, 0.1) is 24.4 Å². The van der Waals surface area contributed by atoms with Crippen molar-refractivity contribution in [2.24, 2.45) is 5.92 Å². The van der Waals surface area contributed by atoms with Crippen molar-refractivity contribution in [3.63, 3.8) is 0 Å². The summed E-state index contributed by atoms with van der Waals surface area (Å²) in [5, 5.41) is 2.24. The number of fused-ring (bicyclic) bond motifs is 3. The Morgan fingerprint density at radius 3 is 2.37 bits per heavy atom. The molecule has 3 heterocycles. The van der Waals surface area contributed by atoms with Crippen molar-refractivity contribution in [1.82, 2.24) is 14.1 Å². The van der Waals surface area contributed by atoms with E-state index in [-0.39, 0.29) is 26.5 Å². The third kappa shape index (κ3) is 7.11. The Hall–Kier alpha value is -5.25. The van der Waals surface area contributed by atoms with Crippen molar-refractivity contribution < 1.29 is 30.4 Å². The van der Waals surface area contributed by atoms with Crippen molar-refractivity contribution >= 4 is 21.8 Å². The maximum absolute atomic E-state index is 6.44. The zero-order valence-corrected chi connectivity index (χ0v) is 32.3. The quantitative estimate of drug-likeness (QED) is 0.113. The van der Waals surface area contributed by atoms with Gasteiger partial charge in [-0.05, 0) is 75.8 Å². The summed E-state index contributed by atoms with van der Waals surface area (Å²) < 4.78 is 12.6. The molecular weight excluding hydrogens is 820 g/mol. The van der Waals surface area contributed by atoms with Crippen LogP contribution in [0.2, 0.25) is 0 Å². The molecule has 0 aliphatic carbocycles. The number of nitrogens with zero attached hydrogens (tertiary/aromatic N) is 4. The third-order valence-corrected chi connectivity index (χ3v) is 9.22. The molecule has 0 aliphatic rings. The van der Waals surface area contributed by atoms with E-state index in [0.717, 1.165) is 45.4 Å². The predicted octanol–water partition coefficient (Wildman–Crippen LogP) is 10.6. The van der Waals surface area contributed by atoms with E-state index < -0.39 is 0 Å². The van der Waals surface area contributed by atoms with E-state index in [2.05, 4.69) is 149 Å². The van der Waals surface area contributed by atoms with Crippen molar-refractivity contribution in [3.05, 3.63) is 163 Å². The first-order valence-corrected chi connectivity index (χ1v) is 17.5. The van der Waals surface area contributed by atoms with Gasteiger partial charge in [0, 0.05) is 56.7 Å². The molecule has 0 radical (unpaired) electrons. The van der Waals surface area contributed by atoms with Gasteiger partial charge in [0.15, 0.2) is 0 Å². The monoisotopic (exact) mass is 859 g/mol. The molecule has 8 rings (SSSR count). The van der Waals surface area contributed by atoms with Crippen LogP contribution in [0.3, 0.4) is 0 Å². The molecule has 0 unspecified atom stereocenters. The minimum atomic E-state index is -0.00535. The van der Waals surface area contributed by atoms with E-state index in [1.165, 1.54) is 22.3 Å². The van der Waals surface area contributed by atoms with Crippen LogP contribution >= 0.6 is 0 Å². The first-order chi connectivity index (χ1) is 24.7. The smallest absolute Gasteiger partial charge is 0.267 e. The van der Waals surface area contributed by atoms with Crippen molar-refractivity contribution in [1.29, 1.82) is 0 Å². The molecule has 8 aromatic rings. The largest absolute Gasteiger partial charge is 0.510 e. The van der Waals surface area contributed by atoms with E-state index in [1.54, 1.807) is 0 Å². The van der Waals surface area contributed by atoms with Crippen molar-refractivity contribution in [2.45, 2.75) is 46.5 Å². The molecule has 262 valence electrons. The molecule has 0 atom stereocenters. The van der Waals surface area contributed by atoms with Gasteiger partial charge in [0.25, 0.3) is 6.33 Å². The topological polar surface area (TPSA) is 35.9 Å². The van der Waals surface area contributed by atoms with E-state index in [1.807, 2.05) is 52.0 Å². The van der Waals surface area contributed by atoms with Crippen LogP contribution < -0.4 is 9.30 Å². The second-order valence-electron chi connectivity index (χ2n) is 14.6. The molecule has 52 heavy (non-hydrogen) atoms. The van der Waals surface area contributed by atoms with Crippen LogP contribution in [0.5, 0.6) is 11.5 Å². The fourth-order valence-electron chi connectivity index (χ4n) is 6.73. The molecule has 0 amide bonds. The first-order valence-electron chi connectivity index (χ1n) is 17.5. The Labute approximate surface area is 320 Å². The van der Waals surface area contributed by atoms with Gasteiger partial charge in [-0.25, -0.2) is 4.98 Å². The second-order valence-corrected chi connectivity index (χ2v) is 14.6. The van der Waals surface area contributed by atoms with E-state index in [9.17, 15) is 0 Å². The summed E-state index contributed by atoms with van der Waals surface area (Å²) in [4.78, 5) is 4.80. The van der Waals surface area contributed by atoms with Gasteiger partial charge in [-0.3, -0.25) is 4.57 Å².